The smallest absolute Gasteiger partial charge is 0.266 e. The fraction of sp³-hybridized carbons (Fsp3) is 0.600. The molecule has 0 unspecified atom stereocenters. The van der Waals surface area contributed by atoms with Gasteiger partial charge in [0, 0.05) is 6.42 Å². The van der Waals surface area contributed by atoms with Crippen LogP contribution in [0.3, 0.4) is 0 Å². The quantitative estimate of drug-likeness (QED) is 0.778. The fourth-order valence-electron chi connectivity index (χ4n) is 2.54. The van der Waals surface area contributed by atoms with E-state index in [-0.39, 0.29) is 17.9 Å². The highest BCUT2D eigenvalue weighted by Gasteiger charge is 2.31. The topological polar surface area (TPSA) is 43.4 Å². The third kappa shape index (κ3) is 4.03. The Bertz CT molecular complexity index is 531. The summed E-state index contributed by atoms with van der Waals surface area (Å²) >= 11 is 0. The van der Waals surface area contributed by atoms with E-state index in [0.29, 0.717) is 12.8 Å². The van der Waals surface area contributed by atoms with Crippen molar-refractivity contribution in [3.63, 3.8) is 0 Å². The molecule has 1 aromatic carbocycles. The maximum absolute atomic E-state index is 14.3. The van der Waals surface area contributed by atoms with Crippen LogP contribution in [-0.2, 0) is 14.3 Å². The molecule has 0 heterocycles. The average Bonchev–Trinajstić information content (AvgIpc) is 2.39. The van der Waals surface area contributed by atoms with Gasteiger partial charge in [0.25, 0.3) is 10.1 Å². The second-order valence-corrected chi connectivity index (χ2v) is 7.17. The second kappa shape index (κ2) is 6.22. The van der Waals surface area contributed by atoms with Crippen molar-refractivity contribution in [1.82, 2.24) is 0 Å². The SMILES string of the molecule is Cc1ccc(S(=O)(=O)OCCC2(F)CCCCC2)cc1. The summed E-state index contributed by atoms with van der Waals surface area (Å²) in [4.78, 5) is 0.125. The first-order valence-corrected chi connectivity index (χ1v) is 8.47. The summed E-state index contributed by atoms with van der Waals surface area (Å²) in [5, 5.41) is 0. The lowest BCUT2D eigenvalue weighted by Gasteiger charge is -2.29. The predicted molar refractivity (Wildman–Crippen MR) is 75.9 cm³/mol. The molecule has 1 aromatic rings. The first-order chi connectivity index (χ1) is 9.41. The van der Waals surface area contributed by atoms with Crippen LogP contribution in [0.1, 0.15) is 44.1 Å². The Morgan fingerprint density at radius 3 is 2.35 bits per heavy atom. The van der Waals surface area contributed by atoms with Gasteiger partial charge in [0.2, 0.25) is 0 Å². The van der Waals surface area contributed by atoms with Gasteiger partial charge in [-0.3, -0.25) is 4.18 Å². The van der Waals surface area contributed by atoms with E-state index in [4.69, 9.17) is 4.18 Å². The molecule has 2 rings (SSSR count). The molecule has 0 bridgehead atoms. The standard InChI is InChI=1S/C15H21FO3S/c1-13-5-7-14(8-6-13)20(17,18)19-12-11-15(16)9-3-2-4-10-15/h5-8H,2-4,9-12H2,1H3. The molecule has 20 heavy (non-hydrogen) atoms. The van der Waals surface area contributed by atoms with Gasteiger partial charge in [-0.15, -0.1) is 0 Å². The van der Waals surface area contributed by atoms with Gasteiger partial charge in [0.05, 0.1) is 11.5 Å². The second-order valence-electron chi connectivity index (χ2n) is 5.55. The minimum Gasteiger partial charge on any atom is -0.266 e. The maximum Gasteiger partial charge on any atom is 0.296 e. The van der Waals surface area contributed by atoms with Crippen LogP contribution in [0.25, 0.3) is 0 Å². The molecule has 0 aliphatic heterocycles. The average molecular weight is 300 g/mol. The zero-order valence-corrected chi connectivity index (χ0v) is 12.6. The highest BCUT2D eigenvalue weighted by Crippen LogP contribution is 2.34. The Labute approximate surface area is 120 Å². The molecule has 0 aromatic heterocycles. The summed E-state index contributed by atoms with van der Waals surface area (Å²) in [6.07, 6.45) is 4.00. The van der Waals surface area contributed by atoms with Crippen LogP contribution >= 0.6 is 0 Å². The van der Waals surface area contributed by atoms with Gasteiger partial charge in [-0.25, -0.2) is 4.39 Å². The number of hydrogen-bond acceptors (Lipinski definition) is 3. The van der Waals surface area contributed by atoms with E-state index in [2.05, 4.69) is 0 Å². The monoisotopic (exact) mass is 300 g/mol. The Balaban J connectivity index is 1.91. The molecule has 0 N–H and O–H groups in total. The van der Waals surface area contributed by atoms with Crippen molar-refractivity contribution in [2.75, 3.05) is 6.61 Å². The molecule has 0 saturated heterocycles. The molecule has 0 spiro atoms. The van der Waals surface area contributed by atoms with Crippen molar-refractivity contribution in [1.29, 1.82) is 0 Å². The van der Waals surface area contributed by atoms with Crippen molar-refractivity contribution >= 4 is 10.1 Å². The van der Waals surface area contributed by atoms with E-state index in [1.165, 1.54) is 12.1 Å². The molecule has 0 amide bonds. The summed E-state index contributed by atoms with van der Waals surface area (Å²) in [5.41, 5.74) is -0.269. The molecule has 0 radical (unpaired) electrons. The zero-order valence-electron chi connectivity index (χ0n) is 11.8. The third-order valence-electron chi connectivity index (χ3n) is 3.85. The summed E-state index contributed by atoms with van der Waals surface area (Å²) in [6.45, 7) is 1.79. The molecule has 112 valence electrons. The van der Waals surface area contributed by atoms with E-state index in [1.54, 1.807) is 12.1 Å². The number of aryl methyl sites for hydroxylation is 1. The molecule has 5 heteroatoms. The normalized spacial score (nSPS) is 18.9. The number of halogens is 1. The lowest BCUT2D eigenvalue weighted by molar-refractivity contribution is 0.0785. The van der Waals surface area contributed by atoms with Gasteiger partial charge in [-0.1, -0.05) is 37.0 Å². The highest BCUT2D eigenvalue weighted by molar-refractivity contribution is 7.86. The Kier molecular flexibility index (Phi) is 4.81. The maximum atomic E-state index is 14.3. The van der Waals surface area contributed by atoms with Crippen molar-refractivity contribution in [2.24, 2.45) is 0 Å². The Morgan fingerprint density at radius 1 is 1.15 bits per heavy atom. The van der Waals surface area contributed by atoms with Crippen molar-refractivity contribution in [3.05, 3.63) is 29.8 Å². The van der Waals surface area contributed by atoms with E-state index in [9.17, 15) is 12.8 Å². The minimum absolute atomic E-state index is 0.0906. The van der Waals surface area contributed by atoms with Gasteiger partial charge in [-0.2, -0.15) is 8.42 Å². The Morgan fingerprint density at radius 2 is 1.75 bits per heavy atom. The molecule has 0 atom stereocenters. The van der Waals surface area contributed by atoms with Gasteiger partial charge in [-0.05, 0) is 31.9 Å². The first-order valence-electron chi connectivity index (χ1n) is 7.06. The van der Waals surface area contributed by atoms with Crippen molar-refractivity contribution in [3.8, 4) is 0 Å². The van der Waals surface area contributed by atoms with E-state index in [1.807, 2.05) is 6.92 Å². The van der Waals surface area contributed by atoms with Crippen LogP contribution < -0.4 is 0 Å². The lowest BCUT2D eigenvalue weighted by atomic mass is 9.84. The van der Waals surface area contributed by atoms with E-state index in [0.717, 1.165) is 24.8 Å². The lowest BCUT2D eigenvalue weighted by Crippen LogP contribution is -2.28. The highest BCUT2D eigenvalue weighted by atomic mass is 32.2. The molecule has 1 saturated carbocycles. The van der Waals surface area contributed by atoms with Gasteiger partial charge in [0.15, 0.2) is 0 Å². The molecule has 1 aliphatic carbocycles. The summed E-state index contributed by atoms with van der Waals surface area (Å²) in [6, 6.07) is 6.45. The molecule has 1 fully saturated rings. The molecular weight excluding hydrogens is 279 g/mol. The van der Waals surface area contributed by atoms with Crippen LogP contribution in [0, 0.1) is 6.92 Å². The van der Waals surface area contributed by atoms with Crippen LogP contribution in [0.15, 0.2) is 29.2 Å². The largest absolute Gasteiger partial charge is 0.296 e. The summed E-state index contributed by atoms with van der Waals surface area (Å²) in [5.74, 6) is 0. The van der Waals surface area contributed by atoms with Crippen LogP contribution in [0.2, 0.25) is 0 Å². The van der Waals surface area contributed by atoms with Gasteiger partial charge < -0.3 is 0 Å². The first kappa shape index (κ1) is 15.4. The predicted octanol–water partition coefficient (Wildman–Crippen LogP) is 3.76. The zero-order chi connectivity index (χ0) is 14.6. The van der Waals surface area contributed by atoms with E-state index < -0.39 is 15.8 Å². The minimum atomic E-state index is -3.77. The molecule has 3 nitrogen and oxygen atoms in total. The van der Waals surface area contributed by atoms with Crippen LogP contribution in [0.4, 0.5) is 4.39 Å². The van der Waals surface area contributed by atoms with Gasteiger partial charge >= 0.3 is 0 Å². The number of hydrogen-bond donors (Lipinski definition) is 0. The summed E-state index contributed by atoms with van der Waals surface area (Å²) in [7, 11) is -3.77. The van der Waals surface area contributed by atoms with Crippen molar-refractivity contribution < 1.29 is 17.0 Å². The Hall–Kier alpha value is -0.940. The fourth-order valence-corrected chi connectivity index (χ4v) is 3.45. The molecule has 1 aliphatic rings. The summed E-state index contributed by atoms with van der Waals surface area (Å²) < 4.78 is 43.2. The van der Waals surface area contributed by atoms with Crippen LogP contribution in [0.5, 0.6) is 0 Å². The molecular formula is C15H21FO3S. The van der Waals surface area contributed by atoms with E-state index >= 15 is 0 Å². The van der Waals surface area contributed by atoms with Crippen molar-refractivity contribution in [2.45, 2.75) is 56.0 Å². The number of rotatable bonds is 5. The number of benzene rings is 1. The number of alkyl halides is 1. The van der Waals surface area contributed by atoms with Gasteiger partial charge in [0.1, 0.15) is 5.67 Å². The van der Waals surface area contributed by atoms with Crippen LogP contribution in [-0.4, -0.2) is 20.7 Å². The third-order valence-corrected chi connectivity index (χ3v) is 5.17.